The summed E-state index contributed by atoms with van der Waals surface area (Å²) in [6, 6.07) is 10.1. The minimum Gasteiger partial charge on any atom is -0.376 e. The fourth-order valence-electron chi connectivity index (χ4n) is 3.31. The zero-order valence-corrected chi connectivity index (χ0v) is 12.6. The summed E-state index contributed by atoms with van der Waals surface area (Å²) in [6.45, 7) is 3.69. The number of nitrogens with zero attached hydrogens (tertiary/aromatic N) is 1. The molecule has 1 N–H and O–H groups in total. The molecule has 2 fully saturated rings. The topological polar surface area (TPSA) is 41.6 Å². The smallest absolute Gasteiger partial charge is 0.241 e. The van der Waals surface area contributed by atoms with Crippen LogP contribution in [-0.2, 0) is 16.0 Å². The Morgan fingerprint density at radius 3 is 2.81 bits per heavy atom. The average Bonchev–Trinajstić information content (AvgIpc) is 3.12. The van der Waals surface area contributed by atoms with Crippen LogP contribution in [0.25, 0.3) is 0 Å². The number of benzene rings is 1. The van der Waals surface area contributed by atoms with E-state index in [-0.39, 0.29) is 24.2 Å². The Labute approximate surface area is 126 Å². The summed E-state index contributed by atoms with van der Waals surface area (Å²) in [7, 11) is 0. The van der Waals surface area contributed by atoms with E-state index in [0.717, 1.165) is 38.8 Å². The van der Waals surface area contributed by atoms with Crippen molar-refractivity contribution < 1.29 is 9.53 Å². The molecule has 2 aliphatic heterocycles. The molecule has 3 rings (SSSR count). The van der Waals surface area contributed by atoms with Crippen molar-refractivity contribution in [1.29, 1.82) is 0 Å². The Hall–Kier alpha value is -1.39. The summed E-state index contributed by atoms with van der Waals surface area (Å²) in [5, 5.41) is 3.48. The number of rotatable bonds is 5. The molecule has 0 bridgehead atoms. The molecular weight excluding hydrogens is 264 g/mol. The molecule has 21 heavy (non-hydrogen) atoms. The van der Waals surface area contributed by atoms with Crippen LogP contribution in [0.2, 0.25) is 0 Å². The number of amides is 1. The third-order valence-electron chi connectivity index (χ3n) is 4.44. The number of hydrogen-bond donors (Lipinski definition) is 1. The first-order chi connectivity index (χ1) is 10.3. The molecule has 2 heterocycles. The fraction of sp³-hybridized carbons (Fsp3) is 0.588. The Bertz CT molecular complexity index is 471. The molecule has 4 nitrogen and oxygen atoms in total. The van der Waals surface area contributed by atoms with Gasteiger partial charge < -0.3 is 9.64 Å². The van der Waals surface area contributed by atoms with Crippen molar-refractivity contribution >= 4 is 5.91 Å². The SMILES string of the molecule is CCC1NC(Cc2ccccc2)C(=O)N1CC1CCCO1. The highest BCUT2D eigenvalue weighted by molar-refractivity contribution is 5.84. The van der Waals surface area contributed by atoms with Crippen LogP contribution >= 0.6 is 0 Å². The van der Waals surface area contributed by atoms with Crippen molar-refractivity contribution in [2.45, 2.75) is 50.9 Å². The first kappa shape index (κ1) is 14.5. The minimum absolute atomic E-state index is 0.0984. The Morgan fingerprint density at radius 2 is 2.14 bits per heavy atom. The fourth-order valence-corrected chi connectivity index (χ4v) is 3.31. The van der Waals surface area contributed by atoms with Gasteiger partial charge in [-0.2, -0.15) is 0 Å². The highest BCUT2D eigenvalue weighted by Gasteiger charge is 2.39. The lowest BCUT2D eigenvalue weighted by atomic mass is 10.1. The zero-order chi connectivity index (χ0) is 14.7. The molecule has 0 aromatic heterocycles. The second kappa shape index (κ2) is 6.58. The van der Waals surface area contributed by atoms with Gasteiger partial charge in [-0.25, -0.2) is 0 Å². The van der Waals surface area contributed by atoms with Gasteiger partial charge in [-0.3, -0.25) is 10.1 Å². The van der Waals surface area contributed by atoms with Crippen molar-refractivity contribution in [3.8, 4) is 0 Å². The van der Waals surface area contributed by atoms with E-state index < -0.39 is 0 Å². The second-order valence-electron chi connectivity index (χ2n) is 5.96. The van der Waals surface area contributed by atoms with Crippen molar-refractivity contribution in [2.75, 3.05) is 13.2 Å². The summed E-state index contributed by atoms with van der Waals surface area (Å²) in [5.74, 6) is 0.223. The third kappa shape index (κ3) is 3.27. The van der Waals surface area contributed by atoms with Crippen LogP contribution in [-0.4, -0.2) is 42.3 Å². The zero-order valence-electron chi connectivity index (χ0n) is 12.6. The van der Waals surface area contributed by atoms with Crippen LogP contribution in [0.1, 0.15) is 31.7 Å². The molecule has 3 unspecified atom stereocenters. The molecule has 2 saturated heterocycles. The molecule has 3 atom stereocenters. The van der Waals surface area contributed by atoms with E-state index in [1.807, 2.05) is 23.1 Å². The first-order valence-electron chi connectivity index (χ1n) is 8.00. The molecular formula is C17H24N2O2. The van der Waals surface area contributed by atoms with Crippen LogP contribution in [0, 0.1) is 0 Å². The lowest BCUT2D eigenvalue weighted by Crippen LogP contribution is -2.41. The maximum Gasteiger partial charge on any atom is 0.241 e. The van der Waals surface area contributed by atoms with Gasteiger partial charge in [0.15, 0.2) is 0 Å². The molecule has 2 aliphatic rings. The van der Waals surface area contributed by atoms with Crippen LogP contribution in [0.5, 0.6) is 0 Å². The van der Waals surface area contributed by atoms with Gasteiger partial charge in [0.1, 0.15) is 0 Å². The molecule has 114 valence electrons. The average molecular weight is 288 g/mol. The van der Waals surface area contributed by atoms with E-state index in [2.05, 4.69) is 24.4 Å². The number of nitrogens with one attached hydrogen (secondary N) is 1. The van der Waals surface area contributed by atoms with E-state index in [4.69, 9.17) is 4.74 Å². The normalized spacial score (nSPS) is 29.3. The van der Waals surface area contributed by atoms with Crippen LogP contribution in [0.4, 0.5) is 0 Å². The maximum absolute atomic E-state index is 12.7. The van der Waals surface area contributed by atoms with Crippen molar-refractivity contribution in [2.24, 2.45) is 0 Å². The Morgan fingerprint density at radius 1 is 1.33 bits per heavy atom. The van der Waals surface area contributed by atoms with Crippen LogP contribution < -0.4 is 5.32 Å². The molecule has 0 aliphatic carbocycles. The highest BCUT2D eigenvalue weighted by Crippen LogP contribution is 2.21. The monoisotopic (exact) mass is 288 g/mol. The summed E-state index contributed by atoms with van der Waals surface area (Å²) < 4.78 is 5.69. The Kier molecular flexibility index (Phi) is 4.56. The van der Waals surface area contributed by atoms with Gasteiger partial charge >= 0.3 is 0 Å². The van der Waals surface area contributed by atoms with Crippen molar-refractivity contribution in [1.82, 2.24) is 10.2 Å². The predicted molar refractivity (Wildman–Crippen MR) is 81.8 cm³/mol. The summed E-state index contributed by atoms with van der Waals surface area (Å²) >= 11 is 0. The molecule has 1 aromatic rings. The predicted octanol–water partition coefficient (Wildman–Crippen LogP) is 1.94. The summed E-state index contributed by atoms with van der Waals surface area (Å²) in [5.41, 5.74) is 1.21. The summed E-state index contributed by atoms with van der Waals surface area (Å²) in [4.78, 5) is 14.7. The molecule has 0 spiro atoms. The number of ether oxygens (including phenoxy) is 1. The molecule has 1 amide bonds. The van der Waals surface area contributed by atoms with E-state index in [0.29, 0.717) is 0 Å². The molecule has 1 aromatic carbocycles. The number of hydrogen-bond acceptors (Lipinski definition) is 3. The van der Waals surface area contributed by atoms with E-state index in [1.54, 1.807) is 0 Å². The van der Waals surface area contributed by atoms with E-state index in [9.17, 15) is 4.79 Å². The minimum atomic E-state index is -0.0984. The standard InChI is InChI=1S/C17H24N2O2/c1-2-16-18-15(11-13-7-4-3-5-8-13)17(20)19(16)12-14-9-6-10-21-14/h3-5,7-8,14-16,18H,2,6,9-12H2,1H3. The van der Waals surface area contributed by atoms with Gasteiger partial charge in [-0.05, 0) is 31.2 Å². The van der Waals surface area contributed by atoms with Crippen molar-refractivity contribution in [3.05, 3.63) is 35.9 Å². The lowest BCUT2D eigenvalue weighted by Gasteiger charge is -2.25. The van der Waals surface area contributed by atoms with Gasteiger partial charge in [-0.15, -0.1) is 0 Å². The molecule has 0 radical (unpaired) electrons. The maximum atomic E-state index is 12.7. The van der Waals surface area contributed by atoms with Gasteiger partial charge in [0.25, 0.3) is 0 Å². The quantitative estimate of drug-likeness (QED) is 0.900. The van der Waals surface area contributed by atoms with Gasteiger partial charge in [0, 0.05) is 13.2 Å². The van der Waals surface area contributed by atoms with Crippen molar-refractivity contribution in [3.63, 3.8) is 0 Å². The number of carbonyl (C=O) groups is 1. The number of carbonyl (C=O) groups excluding carboxylic acids is 1. The van der Waals surface area contributed by atoms with E-state index in [1.165, 1.54) is 5.56 Å². The largest absolute Gasteiger partial charge is 0.376 e. The van der Waals surface area contributed by atoms with Gasteiger partial charge in [0.05, 0.1) is 18.3 Å². The summed E-state index contributed by atoms with van der Waals surface area (Å²) in [6.07, 6.45) is 4.26. The van der Waals surface area contributed by atoms with E-state index >= 15 is 0 Å². The highest BCUT2D eigenvalue weighted by atomic mass is 16.5. The van der Waals surface area contributed by atoms with Crippen LogP contribution in [0.3, 0.4) is 0 Å². The Balaban J connectivity index is 1.65. The third-order valence-corrected chi connectivity index (χ3v) is 4.44. The molecule has 0 saturated carbocycles. The van der Waals surface area contributed by atoms with Gasteiger partial charge in [-0.1, -0.05) is 37.3 Å². The first-order valence-corrected chi connectivity index (χ1v) is 8.00. The van der Waals surface area contributed by atoms with Crippen LogP contribution in [0.15, 0.2) is 30.3 Å². The van der Waals surface area contributed by atoms with Gasteiger partial charge in [0.2, 0.25) is 5.91 Å². The second-order valence-corrected chi connectivity index (χ2v) is 5.96. The lowest BCUT2D eigenvalue weighted by molar-refractivity contribution is -0.131. The molecule has 4 heteroatoms.